The first kappa shape index (κ1) is 23.1. The number of aromatic carboxylic acids is 1. The van der Waals surface area contributed by atoms with E-state index in [4.69, 9.17) is 9.84 Å². The minimum absolute atomic E-state index is 0.00133. The van der Waals surface area contributed by atoms with Crippen molar-refractivity contribution in [2.24, 2.45) is 11.8 Å². The van der Waals surface area contributed by atoms with Gasteiger partial charge in [0.2, 0.25) is 5.91 Å². The zero-order chi connectivity index (χ0) is 24.5. The summed E-state index contributed by atoms with van der Waals surface area (Å²) in [7, 11) is 0. The number of anilines is 1. The van der Waals surface area contributed by atoms with Crippen molar-refractivity contribution in [3.8, 4) is 11.1 Å². The number of hydrogen-bond acceptors (Lipinski definition) is 4. The number of carboxylic acids is 1. The molecular weight excluding hydrogens is 512 g/mol. The molecule has 3 aromatic carbocycles. The number of fused-ring (bicyclic) bond motifs is 3. The second-order valence-corrected chi connectivity index (χ2v) is 9.65. The fourth-order valence-electron chi connectivity index (χ4n) is 4.63. The largest absolute Gasteiger partial charge is 0.478 e. The molecule has 0 aliphatic heterocycles. The van der Waals surface area contributed by atoms with E-state index in [9.17, 15) is 14.4 Å². The predicted octanol–water partition coefficient (Wildman–Crippen LogP) is 5.26. The molecule has 2 unspecified atom stereocenters. The maximum absolute atomic E-state index is 12.5. The Labute approximate surface area is 210 Å². The number of nitrogens with one attached hydrogen (secondary N) is 2. The normalized spacial score (nSPS) is 17.7. The van der Waals surface area contributed by atoms with Crippen molar-refractivity contribution in [1.29, 1.82) is 0 Å². The molecule has 3 N–H and O–H groups in total. The first-order valence-electron chi connectivity index (χ1n) is 11.3. The lowest BCUT2D eigenvalue weighted by Gasteiger charge is -2.14. The highest BCUT2D eigenvalue weighted by atomic mass is 79.9. The maximum Gasteiger partial charge on any atom is 0.407 e. The molecule has 0 heterocycles. The highest BCUT2D eigenvalue weighted by Crippen LogP contribution is 2.44. The number of amides is 2. The lowest BCUT2D eigenvalue weighted by molar-refractivity contribution is -0.117. The second kappa shape index (κ2) is 9.54. The van der Waals surface area contributed by atoms with Gasteiger partial charge >= 0.3 is 12.1 Å². The van der Waals surface area contributed by atoms with Crippen LogP contribution in [0.15, 0.2) is 71.2 Å². The molecule has 0 radical (unpaired) electrons. The van der Waals surface area contributed by atoms with E-state index in [0.29, 0.717) is 23.1 Å². The number of hydrogen-bond donors (Lipinski definition) is 3. The van der Waals surface area contributed by atoms with E-state index in [1.54, 1.807) is 6.07 Å². The quantitative estimate of drug-likeness (QED) is 0.383. The average molecular weight is 535 g/mol. The number of carbonyl (C=O) groups excluding carboxylic acids is 2. The van der Waals surface area contributed by atoms with E-state index in [0.717, 1.165) is 11.1 Å². The van der Waals surface area contributed by atoms with Crippen LogP contribution in [0.25, 0.3) is 11.1 Å². The summed E-state index contributed by atoms with van der Waals surface area (Å²) in [6.45, 7) is 0.600. The number of alkyl carbamates (subject to hydrolysis) is 1. The summed E-state index contributed by atoms with van der Waals surface area (Å²) in [5, 5.41) is 14.6. The van der Waals surface area contributed by atoms with Crippen LogP contribution in [0.2, 0.25) is 0 Å². The molecule has 35 heavy (non-hydrogen) atoms. The molecule has 7 nitrogen and oxygen atoms in total. The molecule has 2 atom stereocenters. The number of carboxylic acid groups (broad SMARTS) is 1. The fourth-order valence-corrected chi connectivity index (χ4v) is 5.11. The Bertz CT molecular complexity index is 1280. The summed E-state index contributed by atoms with van der Waals surface area (Å²) in [5.74, 6) is -1.38. The van der Waals surface area contributed by atoms with Gasteiger partial charge in [0.15, 0.2) is 0 Å². The third-order valence-electron chi connectivity index (χ3n) is 6.59. The van der Waals surface area contributed by atoms with Crippen LogP contribution in [0, 0.1) is 11.8 Å². The van der Waals surface area contributed by atoms with Crippen LogP contribution in [0.1, 0.15) is 33.8 Å². The van der Waals surface area contributed by atoms with Gasteiger partial charge in [-0.3, -0.25) is 4.79 Å². The summed E-state index contributed by atoms with van der Waals surface area (Å²) in [6.07, 6.45) is 0.172. The summed E-state index contributed by atoms with van der Waals surface area (Å²) in [6, 6.07) is 20.8. The van der Waals surface area contributed by atoms with Crippen LogP contribution >= 0.6 is 15.9 Å². The van der Waals surface area contributed by atoms with Gasteiger partial charge < -0.3 is 20.5 Å². The number of halogens is 1. The molecule has 1 saturated carbocycles. The van der Waals surface area contributed by atoms with Crippen molar-refractivity contribution < 1.29 is 24.2 Å². The molecule has 0 aromatic heterocycles. The second-order valence-electron chi connectivity index (χ2n) is 8.80. The molecule has 178 valence electrons. The molecule has 0 saturated heterocycles. The van der Waals surface area contributed by atoms with Crippen LogP contribution in [-0.4, -0.2) is 36.2 Å². The number of rotatable bonds is 7. The van der Waals surface area contributed by atoms with Crippen LogP contribution < -0.4 is 10.6 Å². The van der Waals surface area contributed by atoms with E-state index in [1.165, 1.54) is 23.3 Å². The zero-order valence-electron chi connectivity index (χ0n) is 18.7. The first-order valence-corrected chi connectivity index (χ1v) is 12.1. The molecular formula is C27H23BrN2O5. The van der Waals surface area contributed by atoms with Crippen molar-refractivity contribution in [2.75, 3.05) is 18.5 Å². The van der Waals surface area contributed by atoms with E-state index in [1.807, 2.05) is 24.3 Å². The summed E-state index contributed by atoms with van der Waals surface area (Å²) < 4.78 is 6.05. The van der Waals surface area contributed by atoms with E-state index in [2.05, 4.69) is 50.8 Å². The Morgan fingerprint density at radius 2 is 1.63 bits per heavy atom. The van der Waals surface area contributed by atoms with Gasteiger partial charge in [0, 0.05) is 22.9 Å². The Kier molecular flexibility index (Phi) is 6.30. The SMILES string of the molecule is O=C(NCC1CC1C(=O)Nc1ccc(C(=O)O)cc1Br)OCC1c2ccccc2-c2ccccc21. The Hall–Kier alpha value is -3.65. The van der Waals surface area contributed by atoms with Crippen molar-refractivity contribution in [3.05, 3.63) is 87.9 Å². The highest BCUT2D eigenvalue weighted by Gasteiger charge is 2.43. The van der Waals surface area contributed by atoms with Gasteiger partial charge in [0.25, 0.3) is 0 Å². The van der Waals surface area contributed by atoms with Gasteiger partial charge in [-0.15, -0.1) is 0 Å². The predicted molar refractivity (Wildman–Crippen MR) is 134 cm³/mol. The van der Waals surface area contributed by atoms with Gasteiger partial charge in [-0.05, 0) is 68.7 Å². The van der Waals surface area contributed by atoms with Gasteiger partial charge in [0.1, 0.15) is 6.61 Å². The third-order valence-corrected chi connectivity index (χ3v) is 7.24. The topological polar surface area (TPSA) is 105 Å². The van der Waals surface area contributed by atoms with Gasteiger partial charge in [-0.2, -0.15) is 0 Å². The van der Waals surface area contributed by atoms with E-state index >= 15 is 0 Å². The van der Waals surface area contributed by atoms with Crippen molar-refractivity contribution in [2.45, 2.75) is 12.3 Å². The number of benzene rings is 3. The molecule has 1 fully saturated rings. The monoisotopic (exact) mass is 534 g/mol. The Morgan fingerprint density at radius 3 is 2.26 bits per heavy atom. The molecule has 5 rings (SSSR count). The lowest BCUT2D eigenvalue weighted by Crippen LogP contribution is -2.29. The van der Waals surface area contributed by atoms with E-state index < -0.39 is 12.1 Å². The average Bonchev–Trinajstić information content (AvgIpc) is 3.58. The van der Waals surface area contributed by atoms with Gasteiger partial charge in [0.05, 0.1) is 11.3 Å². The molecule has 0 bridgehead atoms. The lowest BCUT2D eigenvalue weighted by atomic mass is 9.98. The molecule has 2 aliphatic rings. The van der Waals surface area contributed by atoms with Crippen LogP contribution in [0.4, 0.5) is 10.5 Å². The Morgan fingerprint density at radius 1 is 0.971 bits per heavy atom. The number of ether oxygens (including phenoxy) is 1. The maximum atomic E-state index is 12.5. The molecule has 0 spiro atoms. The van der Waals surface area contributed by atoms with Crippen molar-refractivity contribution in [3.63, 3.8) is 0 Å². The van der Waals surface area contributed by atoms with Gasteiger partial charge in [-0.1, -0.05) is 48.5 Å². The van der Waals surface area contributed by atoms with Gasteiger partial charge in [-0.25, -0.2) is 9.59 Å². The van der Waals surface area contributed by atoms with Crippen LogP contribution in [0.5, 0.6) is 0 Å². The van der Waals surface area contributed by atoms with Crippen LogP contribution in [0.3, 0.4) is 0 Å². The minimum Gasteiger partial charge on any atom is -0.478 e. The summed E-state index contributed by atoms with van der Waals surface area (Å²) in [5.41, 5.74) is 5.30. The van der Waals surface area contributed by atoms with E-state index in [-0.39, 0.29) is 35.8 Å². The van der Waals surface area contributed by atoms with Crippen molar-refractivity contribution >= 4 is 39.6 Å². The minimum atomic E-state index is -1.04. The Balaban J connectivity index is 1.10. The molecule has 2 amide bonds. The standard InChI is InChI=1S/C27H23BrN2O5/c28-23-12-15(26(32)33)9-10-24(23)30-25(31)21-11-16(21)13-29-27(34)35-14-22-19-7-3-1-5-17(19)18-6-2-4-8-20(18)22/h1-10,12,16,21-22H,11,13-14H2,(H,29,34)(H,30,31)(H,32,33). The fraction of sp³-hybridized carbons (Fsp3) is 0.222. The smallest absolute Gasteiger partial charge is 0.407 e. The number of carbonyl (C=O) groups is 3. The summed E-state index contributed by atoms with van der Waals surface area (Å²) in [4.78, 5) is 36.0. The first-order chi connectivity index (χ1) is 16.9. The molecule has 2 aliphatic carbocycles. The van der Waals surface area contributed by atoms with Crippen LogP contribution in [-0.2, 0) is 9.53 Å². The molecule has 3 aromatic rings. The third kappa shape index (κ3) is 4.79. The van der Waals surface area contributed by atoms with Crippen molar-refractivity contribution in [1.82, 2.24) is 5.32 Å². The molecule has 8 heteroatoms. The zero-order valence-corrected chi connectivity index (χ0v) is 20.2. The summed E-state index contributed by atoms with van der Waals surface area (Å²) >= 11 is 3.29. The highest BCUT2D eigenvalue weighted by molar-refractivity contribution is 9.10.